The number of nitrogens with zero attached hydrogens (tertiary/aromatic N) is 2. The third-order valence-electron chi connectivity index (χ3n) is 9.86. The Labute approximate surface area is 255 Å². The number of carbonyl (C=O) groups is 2. The van der Waals surface area contributed by atoms with E-state index in [4.69, 9.17) is 14.2 Å². The van der Waals surface area contributed by atoms with Crippen LogP contribution in [-0.4, -0.2) is 67.1 Å². The van der Waals surface area contributed by atoms with Gasteiger partial charge in [0, 0.05) is 53.6 Å². The molecule has 2 aromatic rings. The Bertz CT molecular complexity index is 1540. The fourth-order valence-corrected chi connectivity index (χ4v) is 8.17. The van der Waals surface area contributed by atoms with Crippen molar-refractivity contribution in [2.45, 2.75) is 76.2 Å². The summed E-state index contributed by atoms with van der Waals surface area (Å²) in [5, 5.41) is 0. The van der Waals surface area contributed by atoms with Crippen LogP contribution in [0.5, 0.6) is 17.2 Å². The molecule has 1 spiro atoms. The number of ether oxygens (including phenoxy) is 3. The summed E-state index contributed by atoms with van der Waals surface area (Å²) in [6.45, 7) is 6.78. The molecular formula is C34H37F3N2O5. The van der Waals surface area contributed by atoms with Crippen molar-refractivity contribution in [3.05, 3.63) is 52.6 Å². The number of hydrogen-bond donors (Lipinski definition) is 0. The summed E-state index contributed by atoms with van der Waals surface area (Å²) in [5.74, 6) is 6.81. The minimum absolute atomic E-state index is 0.142. The van der Waals surface area contributed by atoms with E-state index in [1.165, 1.54) is 19.1 Å². The molecule has 2 aromatic carbocycles. The number of amides is 1. The number of rotatable bonds is 5. The molecule has 1 saturated carbocycles. The Morgan fingerprint density at radius 1 is 1.18 bits per heavy atom. The molecule has 2 aliphatic carbocycles. The largest absolute Gasteiger partial charge is 0.493 e. The summed E-state index contributed by atoms with van der Waals surface area (Å²) in [4.78, 5) is 30.2. The number of likely N-dealkylation sites (N-methyl/N-ethyl adjacent to an activating group) is 1. The van der Waals surface area contributed by atoms with Gasteiger partial charge in [-0.1, -0.05) is 19.8 Å². The van der Waals surface area contributed by atoms with Gasteiger partial charge in [0.2, 0.25) is 0 Å². The van der Waals surface area contributed by atoms with E-state index in [0.717, 1.165) is 55.5 Å². The van der Waals surface area contributed by atoms with Crippen LogP contribution in [0.4, 0.5) is 13.2 Å². The first-order valence-electron chi connectivity index (χ1n) is 15.1. The maximum atomic E-state index is 13.8. The number of alkyl halides is 3. The first-order valence-corrected chi connectivity index (χ1v) is 15.1. The van der Waals surface area contributed by atoms with Crippen molar-refractivity contribution in [2.75, 3.05) is 27.2 Å². The molecule has 0 N–H and O–H groups in total. The van der Waals surface area contributed by atoms with Crippen LogP contribution in [0.25, 0.3) is 0 Å². The molecule has 6 rings (SSSR count). The molecule has 5 atom stereocenters. The highest BCUT2D eigenvalue weighted by atomic mass is 19.4. The Morgan fingerprint density at radius 2 is 1.91 bits per heavy atom. The summed E-state index contributed by atoms with van der Waals surface area (Å²) >= 11 is 0. The van der Waals surface area contributed by atoms with Gasteiger partial charge >= 0.3 is 12.1 Å². The van der Waals surface area contributed by atoms with Crippen LogP contribution in [0.3, 0.4) is 0 Å². The molecule has 44 heavy (non-hydrogen) atoms. The average molecular weight is 611 g/mol. The average Bonchev–Trinajstić information content (AvgIpc) is 3.31. The third kappa shape index (κ3) is 4.90. The van der Waals surface area contributed by atoms with Crippen LogP contribution in [0.2, 0.25) is 0 Å². The van der Waals surface area contributed by atoms with E-state index in [1.54, 1.807) is 13.2 Å². The number of halogens is 3. The lowest BCUT2D eigenvalue weighted by Gasteiger charge is -2.60. The molecular weight excluding hydrogens is 573 g/mol. The lowest BCUT2D eigenvalue weighted by atomic mass is 9.51. The van der Waals surface area contributed by atoms with Crippen LogP contribution in [0.15, 0.2) is 30.3 Å². The van der Waals surface area contributed by atoms with Crippen molar-refractivity contribution in [3.63, 3.8) is 0 Å². The fourth-order valence-electron chi connectivity index (χ4n) is 8.17. The second kappa shape index (κ2) is 11.0. The van der Waals surface area contributed by atoms with Crippen molar-refractivity contribution < 1.29 is 37.0 Å². The summed E-state index contributed by atoms with van der Waals surface area (Å²) in [7, 11) is 3.71. The minimum atomic E-state index is -4.44. The third-order valence-corrected chi connectivity index (χ3v) is 9.86. The molecule has 10 heteroatoms. The topological polar surface area (TPSA) is 68.3 Å². The molecule has 234 valence electrons. The maximum Gasteiger partial charge on any atom is 0.416 e. The molecule has 0 radical (unpaired) electrons. The van der Waals surface area contributed by atoms with E-state index in [9.17, 15) is 22.8 Å². The van der Waals surface area contributed by atoms with Gasteiger partial charge < -0.3 is 24.0 Å². The smallest absolute Gasteiger partial charge is 0.416 e. The summed E-state index contributed by atoms with van der Waals surface area (Å²) in [6.07, 6.45) is -1.65. The lowest BCUT2D eigenvalue weighted by molar-refractivity contribution is -0.138. The standard InChI is InChI=1S/C34H37F3N2O5/c1-19(2)18-39(29(41)13-8-21-6-9-22(10-7-21)34(35,36)37)25-12-11-24-26-16-23-27(43-20(3)40)17-28(42-5)31-30(23)33(24,32(25)44-31)14-15-38(26)4/h6-7,9-10,17,19,24-26,32H,11-12,14-16,18H2,1-5H3/t24-,25-,26+,32-,33-/m0/s1. The van der Waals surface area contributed by atoms with Crippen LogP contribution in [-0.2, 0) is 27.6 Å². The zero-order chi connectivity index (χ0) is 31.6. The van der Waals surface area contributed by atoms with Crippen LogP contribution < -0.4 is 14.2 Å². The van der Waals surface area contributed by atoms with Gasteiger partial charge in [-0.15, -0.1) is 0 Å². The highest BCUT2D eigenvalue weighted by Gasteiger charge is 2.67. The number of likely N-dealkylation sites (tertiary alicyclic amines) is 1. The molecule has 2 bridgehead atoms. The molecule has 2 heterocycles. The Balaban J connectivity index is 1.40. The number of benzene rings is 2. The van der Waals surface area contributed by atoms with Crippen LogP contribution in [0, 0.1) is 23.7 Å². The molecule has 1 saturated heterocycles. The number of piperidine rings is 1. The zero-order valence-corrected chi connectivity index (χ0v) is 25.6. The molecule has 0 unspecified atom stereocenters. The number of hydrogen-bond acceptors (Lipinski definition) is 6. The van der Waals surface area contributed by atoms with Crippen molar-refractivity contribution in [3.8, 4) is 29.1 Å². The first kappa shape index (κ1) is 30.3. The number of methoxy groups -OCH3 is 1. The fraction of sp³-hybridized carbons (Fsp3) is 0.529. The van der Waals surface area contributed by atoms with Crippen molar-refractivity contribution in [1.82, 2.24) is 9.80 Å². The van der Waals surface area contributed by atoms with Crippen LogP contribution >= 0.6 is 0 Å². The summed E-state index contributed by atoms with van der Waals surface area (Å²) in [6, 6.07) is 6.19. The van der Waals surface area contributed by atoms with Crippen molar-refractivity contribution in [1.29, 1.82) is 0 Å². The van der Waals surface area contributed by atoms with E-state index < -0.39 is 23.1 Å². The lowest BCUT2D eigenvalue weighted by Crippen LogP contribution is -2.68. The van der Waals surface area contributed by atoms with E-state index in [1.807, 2.05) is 18.7 Å². The number of esters is 1. The van der Waals surface area contributed by atoms with Crippen molar-refractivity contribution in [2.24, 2.45) is 11.8 Å². The quantitative estimate of drug-likeness (QED) is 0.263. The highest BCUT2D eigenvalue weighted by molar-refractivity contribution is 5.94. The van der Waals surface area contributed by atoms with Gasteiger partial charge in [0.15, 0.2) is 11.5 Å². The van der Waals surface area contributed by atoms with Gasteiger partial charge in [0.05, 0.1) is 18.7 Å². The van der Waals surface area contributed by atoms with E-state index in [-0.39, 0.29) is 35.9 Å². The van der Waals surface area contributed by atoms with Gasteiger partial charge in [0.25, 0.3) is 5.91 Å². The molecule has 7 nitrogen and oxygen atoms in total. The summed E-state index contributed by atoms with van der Waals surface area (Å²) < 4.78 is 57.5. The zero-order valence-electron chi connectivity index (χ0n) is 25.6. The van der Waals surface area contributed by atoms with Crippen molar-refractivity contribution >= 4 is 11.9 Å². The Kier molecular flexibility index (Phi) is 7.60. The van der Waals surface area contributed by atoms with E-state index in [0.29, 0.717) is 29.4 Å². The number of carbonyl (C=O) groups excluding carboxylic acids is 2. The molecule has 2 fully saturated rings. The predicted molar refractivity (Wildman–Crippen MR) is 157 cm³/mol. The molecule has 1 amide bonds. The maximum absolute atomic E-state index is 13.8. The minimum Gasteiger partial charge on any atom is -0.493 e. The van der Waals surface area contributed by atoms with Gasteiger partial charge in [-0.2, -0.15) is 13.2 Å². The van der Waals surface area contributed by atoms with Gasteiger partial charge in [-0.3, -0.25) is 9.59 Å². The molecule has 0 aromatic heterocycles. The normalized spacial score (nSPS) is 26.7. The predicted octanol–water partition coefficient (Wildman–Crippen LogP) is 5.21. The molecule has 2 aliphatic heterocycles. The second-order valence-corrected chi connectivity index (χ2v) is 12.9. The Hall–Kier alpha value is -3.71. The van der Waals surface area contributed by atoms with Gasteiger partial charge in [0.1, 0.15) is 11.9 Å². The first-order chi connectivity index (χ1) is 20.8. The van der Waals surface area contributed by atoms with Gasteiger partial charge in [-0.25, -0.2) is 0 Å². The molecule has 4 aliphatic rings. The monoisotopic (exact) mass is 610 g/mol. The summed E-state index contributed by atoms with van der Waals surface area (Å²) in [5.41, 5.74) is 1.18. The highest BCUT2D eigenvalue weighted by Crippen LogP contribution is 2.65. The van der Waals surface area contributed by atoms with Crippen LogP contribution in [0.1, 0.15) is 62.3 Å². The van der Waals surface area contributed by atoms with Gasteiger partial charge in [-0.05, 0) is 75.4 Å². The van der Waals surface area contributed by atoms with E-state index in [2.05, 4.69) is 23.8 Å². The Morgan fingerprint density at radius 3 is 2.55 bits per heavy atom. The second-order valence-electron chi connectivity index (χ2n) is 12.9. The van der Waals surface area contributed by atoms with E-state index >= 15 is 0 Å². The SMILES string of the molecule is COc1cc(OC(C)=O)c2c3c1O[C@H]1[C@@H](N(CC(C)C)C(=O)C#Cc4ccc(C(F)(F)F)cc4)CC[C@H]4[C@@H](C2)N(C)CC[C@@]341.